The molecular weight excluding hydrogens is 867 g/mol. The third kappa shape index (κ3) is 39.7. The third-order valence-corrected chi connectivity index (χ3v) is 9.61. The Morgan fingerprint density at radius 3 is 1.21 bits per heavy atom. The number of ketones is 1. The number of unbranched alkanes of at least 4 members (excludes halogenated alkanes) is 3. The van der Waals surface area contributed by atoms with E-state index in [9.17, 15) is 33.9 Å². The van der Waals surface area contributed by atoms with Crippen LogP contribution in [0.25, 0.3) is 0 Å². The molecule has 0 spiro atoms. The van der Waals surface area contributed by atoms with Gasteiger partial charge in [0.1, 0.15) is 12.1 Å². The first-order valence-corrected chi connectivity index (χ1v) is 23.7. The Hall–Kier alpha value is -3.42. The van der Waals surface area contributed by atoms with Gasteiger partial charge >= 0.3 is 5.97 Å². The van der Waals surface area contributed by atoms with Gasteiger partial charge in [0.15, 0.2) is 5.78 Å². The number of nitrogens with two attached hydrogens (primary N) is 3. The molecule has 0 aliphatic rings. The molecule has 0 fully saturated rings. The number of nitrogens with one attached hydrogen (secondary N) is 4. The van der Waals surface area contributed by atoms with Crippen molar-refractivity contribution in [2.75, 3.05) is 132 Å². The number of Topliss-reactive ketones (excluding diaryl/α,β-unsaturated/α-hetero) is 1. The Morgan fingerprint density at radius 2 is 0.788 bits per heavy atom. The fourth-order valence-electron chi connectivity index (χ4n) is 5.89. The van der Waals surface area contributed by atoms with Gasteiger partial charge in [-0.25, -0.2) is 4.79 Å². The highest BCUT2D eigenvalue weighted by Crippen LogP contribution is 2.07. The SMILES string of the molecule is CCC(=O)NC(CCCCN)C(=O)CCCOCCOCCOCCOCCC(=O)NC(CCCCN)C(=O)NCCOCCOCCOCCOCCC(=O)NC(CCCCN)C(=O)O. The molecule has 4 amide bonds. The van der Waals surface area contributed by atoms with Gasteiger partial charge in [0, 0.05) is 38.8 Å². The number of carbonyl (C=O) groups is 6. The maximum Gasteiger partial charge on any atom is 0.326 e. The van der Waals surface area contributed by atoms with Crippen LogP contribution in [0.2, 0.25) is 0 Å². The van der Waals surface area contributed by atoms with Crippen molar-refractivity contribution < 1.29 is 71.8 Å². The van der Waals surface area contributed by atoms with Crippen LogP contribution >= 0.6 is 0 Å². The van der Waals surface area contributed by atoms with E-state index in [-0.39, 0.29) is 75.2 Å². The van der Waals surface area contributed by atoms with Gasteiger partial charge in [0.05, 0.1) is 105 Å². The summed E-state index contributed by atoms with van der Waals surface area (Å²) in [5, 5.41) is 20.1. The first-order valence-electron chi connectivity index (χ1n) is 23.7. The summed E-state index contributed by atoms with van der Waals surface area (Å²) in [4.78, 5) is 73.1. The maximum atomic E-state index is 12.8. The molecule has 386 valence electrons. The van der Waals surface area contributed by atoms with Crippen LogP contribution in [0.1, 0.15) is 96.8 Å². The van der Waals surface area contributed by atoms with Crippen molar-refractivity contribution in [3.63, 3.8) is 0 Å². The summed E-state index contributed by atoms with van der Waals surface area (Å²) < 4.78 is 43.9. The van der Waals surface area contributed by atoms with Gasteiger partial charge in [0.25, 0.3) is 0 Å². The van der Waals surface area contributed by atoms with E-state index in [1.807, 2.05) is 0 Å². The van der Waals surface area contributed by atoms with E-state index in [1.54, 1.807) is 6.92 Å². The summed E-state index contributed by atoms with van der Waals surface area (Å²) in [6.07, 6.45) is 7.03. The number of hydrogen-bond acceptors (Lipinski definition) is 17. The molecule has 0 saturated carbocycles. The molecule has 0 heterocycles. The lowest BCUT2D eigenvalue weighted by atomic mass is 10.0. The molecule has 0 aromatic carbocycles. The van der Waals surface area contributed by atoms with Crippen LogP contribution in [0.4, 0.5) is 0 Å². The molecule has 3 unspecified atom stereocenters. The largest absolute Gasteiger partial charge is 0.480 e. The van der Waals surface area contributed by atoms with Gasteiger partial charge in [-0.3, -0.25) is 24.0 Å². The van der Waals surface area contributed by atoms with E-state index in [4.69, 9.17) is 55.1 Å². The van der Waals surface area contributed by atoms with Gasteiger partial charge in [0.2, 0.25) is 23.6 Å². The minimum Gasteiger partial charge on any atom is -0.480 e. The van der Waals surface area contributed by atoms with Crippen molar-refractivity contribution >= 4 is 35.4 Å². The van der Waals surface area contributed by atoms with Gasteiger partial charge < -0.3 is 81.5 Å². The predicted octanol–water partition coefficient (Wildman–Crippen LogP) is -0.299. The van der Waals surface area contributed by atoms with Gasteiger partial charge in [-0.1, -0.05) is 6.92 Å². The molecular formula is C44H85N7O15. The topological polar surface area (TPSA) is 323 Å². The summed E-state index contributed by atoms with van der Waals surface area (Å²) in [5.74, 6) is -2.20. The Balaban J connectivity index is 3.91. The van der Waals surface area contributed by atoms with Crippen LogP contribution < -0.4 is 38.5 Å². The standard InChI is InChI=1S/C44H85N7O15/c1-2-40(53)49-36(10-3-6-16-45)39(52)13-9-20-59-24-28-63-32-33-64-29-25-60-21-14-41(54)50-37(11-4-7-17-46)43(56)48-19-23-62-27-31-66-35-34-65-30-26-61-22-15-42(55)51-38(44(57)58)12-5-8-18-47/h36-38H,2-35,45-47H2,1H3,(H,48,56)(H,49,53)(H,50,54)(H,51,55)(H,57,58). The van der Waals surface area contributed by atoms with E-state index < -0.39 is 24.1 Å². The van der Waals surface area contributed by atoms with Gasteiger partial charge in [-0.2, -0.15) is 0 Å². The average molecular weight is 952 g/mol. The van der Waals surface area contributed by atoms with Crippen LogP contribution in [0.3, 0.4) is 0 Å². The molecule has 11 N–H and O–H groups in total. The number of ether oxygens (including phenoxy) is 8. The van der Waals surface area contributed by atoms with Crippen LogP contribution in [0.5, 0.6) is 0 Å². The van der Waals surface area contributed by atoms with E-state index in [0.717, 1.165) is 19.3 Å². The Kier molecular flexibility index (Phi) is 44.3. The molecule has 0 radical (unpaired) electrons. The van der Waals surface area contributed by atoms with Crippen LogP contribution in [-0.4, -0.2) is 191 Å². The predicted molar refractivity (Wildman–Crippen MR) is 245 cm³/mol. The Morgan fingerprint density at radius 1 is 0.424 bits per heavy atom. The van der Waals surface area contributed by atoms with Crippen molar-refractivity contribution in [1.29, 1.82) is 0 Å². The molecule has 0 aliphatic heterocycles. The number of carboxylic acids is 1. The smallest absolute Gasteiger partial charge is 0.326 e. The molecule has 3 atom stereocenters. The van der Waals surface area contributed by atoms with Crippen molar-refractivity contribution in [2.24, 2.45) is 17.2 Å². The summed E-state index contributed by atoms with van der Waals surface area (Å²) in [6.45, 7) is 8.56. The Bertz CT molecular complexity index is 1240. The fraction of sp³-hybridized carbons (Fsp3) is 0.864. The zero-order valence-electron chi connectivity index (χ0n) is 39.7. The number of hydrogen-bond donors (Lipinski definition) is 8. The first-order chi connectivity index (χ1) is 32.1. The molecule has 0 aromatic rings. The lowest BCUT2D eigenvalue weighted by Gasteiger charge is -2.18. The fourth-order valence-corrected chi connectivity index (χ4v) is 5.89. The van der Waals surface area contributed by atoms with Crippen LogP contribution in [0, 0.1) is 0 Å². The van der Waals surface area contributed by atoms with Crippen molar-refractivity contribution in [2.45, 2.75) is 115 Å². The third-order valence-electron chi connectivity index (χ3n) is 9.61. The van der Waals surface area contributed by atoms with Crippen molar-refractivity contribution in [3.8, 4) is 0 Å². The molecule has 66 heavy (non-hydrogen) atoms. The van der Waals surface area contributed by atoms with Crippen LogP contribution in [-0.2, 0) is 66.7 Å². The number of rotatable bonds is 50. The molecule has 0 aliphatic carbocycles. The van der Waals surface area contributed by atoms with Gasteiger partial charge in [-0.05, 0) is 83.8 Å². The van der Waals surface area contributed by atoms with E-state index in [2.05, 4.69) is 21.3 Å². The van der Waals surface area contributed by atoms with E-state index in [0.29, 0.717) is 157 Å². The number of aliphatic carboxylic acids is 1. The lowest BCUT2D eigenvalue weighted by molar-refractivity contribution is -0.142. The molecule has 0 bridgehead atoms. The highest BCUT2D eigenvalue weighted by atomic mass is 16.6. The Labute approximate surface area is 391 Å². The van der Waals surface area contributed by atoms with Crippen molar-refractivity contribution in [3.05, 3.63) is 0 Å². The minimum atomic E-state index is -1.07. The summed E-state index contributed by atoms with van der Waals surface area (Å²) >= 11 is 0. The van der Waals surface area contributed by atoms with Crippen molar-refractivity contribution in [1.82, 2.24) is 21.3 Å². The number of amides is 4. The number of carbonyl (C=O) groups excluding carboxylic acids is 5. The van der Waals surface area contributed by atoms with E-state index >= 15 is 0 Å². The average Bonchev–Trinajstić information content (AvgIpc) is 3.30. The lowest BCUT2D eigenvalue weighted by Crippen LogP contribution is -2.47. The summed E-state index contributed by atoms with van der Waals surface area (Å²) in [7, 11) is 0. The molecule has 22 nitrogen and oxygen atoms in total. The molecule has 22 heteroatoms. The second-order valence-electron chi connectivity index (χ2n) is 15.2. The summed E-state index contributed by atoms with van der Waals surface area (Å²) in [6, 6.07) is -2.12. The zero-order chi connectivity index (χ0) is 48.7. The normalized spacial score (nSPS) is 12.6. The first kappa shape index (κ1) is 62.6. The maximum absolute atomic E-state index is 12.8. The van der Waals surface area contributed by atoms with Gasteiger partial charge in [-0.15, -0.1) is 0 Å². The quantitative estimate of drug-likeness (QED) is 0.0363. The second-order valence-corrected chi connectivity index (χ2v) is 15.2. The highest BCUT2D eigenvalue weighted by molar-refractivity contribution is 5.89. The monoisotopic (exact) mass is 952 g/mol. The highest BCUT2D eigenvalue weighted by Gasteiger charge is 2.22. The second kappa shape index (κ2) is 46.7. The molecule has 0 rings (SSSR count). The number of carboxylic acid groups (broad SMARTS) is 1. The van der Waals surface area contributed by atoms with E-state index in [1.165, 1.54) is 0 Å². The zero-order valence-corrected chi connectivity index (χ0v) is 39.7. The molecule has 0 saturated heterocycles. The minimum absolute atomic E-state index is 0.00709. The summed E-state index contributed by atoms with van der Waals surface area (Å²) in [5.41, 5.74) is 16.6. The molecule has 0 aromatic heterocycles. The van der Waals surface area contributed by atoms with Crippen LogP contribution in [0.15, 0.2) is 0 Å².